The van der Waals surface area contributed by atoms with Crippen molar-refractivity contribution < 1.29 is 36.0 Å². The molecular weight excluding hydrogens is 448 g/mol. The Balaban J connectivity index is 0.000000182. The average molecular weight is 466 g/mol. The molecule has 32 heavy (non-hydrogen) atoms. The summed E-state index contributed by atoms with van der Waals surface area (Å²) in [5.41, 5.74) is -0.182. The highest BCUT2D eigenvalue weighted by Gasteiger charge is 2.72. The lowest BCUT2D eigenvalue weighted by atomic mass is 9.99. The lowest BCUT2D eigenvalue weighted by molar-refractivity contribution is -0.480. The molecule has 4 rings (SSSR count). The molecule has 0 radical (unpaired) electrons. The molecule has 1 atom stereocenters. The molecule has 16 heteroatoms. The fourth-order valence-electron chi connectivity index (χ4n) is 2.77. The molecule has 0 amide bonds. The van der Waals surface area contributed by atoms with Gasteiger partial charge in [0, 0.05) is 11.4 Å². The molecular formula is C16H18F6N9O+. The van der Waals surface area contributed by atoms with E-state index in [9.17, 15) is 26.6 Å². The van der Waals surface area contributed by atoms with Crippen LogP contribution in [-0.2, 0) is 0 Å². The van der Waals surface area contributed by atoms with E-state index in [1.54, 1.807) is 6.20 Å². The zero-order chi connectivity index (χ0) is 23.8. The molecule has 1 saturated heterocycles. The molecule has 3 heterocycles. The van der Waals surface area contributed by atoms with E-state index in [2.05, 4.69) is 15.3 Å². The Hall–Kier alpha value is -3.40. The van der Waals surface area contributed by atoms with E-state index in [1.807, 2.05) is 49.8 Å². The SMILES string of the molecule is CN(C)C(On1nnc2cccnc21)=[N+](C)C.FN1C2=CC=CC(F)(F)C2(F)N(F)N1F. The minimum absolute atomic E-state index is 0.0100. The summed E-state index contributed by atoms with van der Waals surface area (Å²) in [5.74, 6) is -8.58. The minimum Gasteiger partial charge on any atom is -0.277 e. The monoisotopic (exact) mass is 466 g/mol. The van der Waals surface area contributed by atoms with Gasteiger partial charge in [-0.2, -0.15) is 8.78 Å². The maximum Gasteiger partial charge on any atom is 0.472 e. The first-order chi connectivity index (χ1) is 14.9. The van der Waals surface area contributed by atoms with Gasteiger partial charge in [-0.3, -0.25) is 4.84 Å². The number of alkyl halides is 3. The van der Waals surface area contributed by atoms with Crippen LogP contribution in [-0.4, -0.2) is 91.3 Å². The summed E-state index contributed by atoms with van der Waals surface area (Å²) in [4.78, 5) is 13.0. The molecule has 174 valence electrons. The van der Waals surface area contributed by atoms with E-state index in [1.165, 1.54) is 4.85 Å². The van der Waals surface area contributed by atoms with Gasteiger partial charge in [0.25, 0.3) is 0 Å². The number of fused-ring (bicyclic) bond motifs is 2. The predicted octanol–water partition coefficient (Wildman–Crippen LogP) is 1.59. The normalized spacial score (nSPS) is 22.2. The van der Waals surface area contributed by atoms with Gasteiger partial charge >= 0.3 is 17.7 Å². The number of hydrogen-bond acceptors (Lipinski definition) is 7. The summed E-state index contributed by atoms with van der Waals surface area (Å²) in [6.45, 7) is 0. The van der Waals surface area contributed by atoms with Crippen molar-refractivity contribution in [1.82, 2.24) is 40.8 Å². The molecule has 1 aliphatic heterocycles. The first kappa shape index (κ1) is 23.3. The fraction of sp³-hybridized carbons (Fsp3) is 0.375. The third kappa shape index (κ3) is 3.70. The number of halogens is 6. The maximum absolute atomic E-state index is 13.5. The summed E-state index contributed by atoms with van der Waals surface area (Å²) in [7, 11) is 7.56. The van der Waals surface area contributed by atoms with Crippen molar-refractivity contribution in [3.05, 3.63) is 42.3 Å². The zero-order valence-electron chi connectivity index (χ0n) is 17.2. The third-order valence-corrected chi connectivity index (χ3v) is 4.20. The van der Waals surface area contributed by atoms with Crippen LogP contribution in [0.1, 0.15) is 0 Å². The van der Waals surface area contributed by atoms with E-state index in [-0.39, 0.29) is 6.08 Å². The first-order valence-corrected chi connectivity index (χ1v) is 8.82. The Morgan fingerprint density at radius 2 is 1.84 bits per heavy atom. The molecule has 10 nitrogen and oxygen atoms in total. The van der Waals surface area contributed by atoms with Crippen LogP contribution in [0.25, 0.3) is 11.2 Å². The number of nitrogens with zero attached hydrogens (tertiary/aromatic N) is 9. The Labute approximate surface area is 177 Å². The molecule has 2 aromatic rings. The molecule has 0 bridgehead atoms. The quantitative estimate of drug-likeness (QED) is 0.157. The Kier molecular flexibility index (Phi) is 6.01. The third-order valence-electron chi connectivity index (χ3n) is 4.20. The van der Waals surface area contributed by atoms with Gasteiger partial charge in [-0.15, -0.1) is 9.58 Å². The summed E-state index contributed by atoms with van der Waals surface area (Å²) in [6, 6.07) is 4.28. The van der Waals surface area contributed by atoms with Crippen LogP contribution in [0.3, 0.4) is 0 Å². The van der Waals surface area contributed by atoms with Crippen LogP contribution >= 0.6 is 0 Å². The Morgan fingerprint density at radius 1 is 1.16 bits per heavy atom. The van der Waals surface area contributed by atoms with Crippen molar-refractivity contribution >= 4 is 17.2 Å². The van der Waals surface area contributed by atoms with Gasteiger partial charge in [0.2, 0.25) is 5.65 Å². The lowest BCUT2D eigenvalue weighted by Gasteiger charge is -2.29. The molecule has 1 fully saturated rings. The number of amidine groups is 1. The van der Waals surface area contributed by atoms with Crippen LogP contribution in [0.4, 0.5) is 26.6 Å². The average Bonchev–Trinajstić information content (AvgIpc) is 3.21. The van der Waals surface area contributed by atoms with Crippen molar-refractivity contribution in [1.29, 1.82) is 0 Å². The van der Waals surface area contributed by atoms with Crippen molar-refractivity contribution in [2.24, 2.45) is 0 Å². The highest BCUT2D eigenvalue weighted by molar-refractivity contribution is 5.71. The summed E-state index contributed by atoms with van der Waals surface area (Å²) in [6.07, 6.45) is 2.79. The topological polar surface area (TPSA) is 68.8 Å². The zero-order valence-corrected chi connectivity index (χ0v) is 17.2. The Morgan fingerprint density at radius 3 is 2.44 bits per heavy atom. The lowest BCUT2D eigenvalue weighted by Crippen LogP contribution is -2.53. The second kappa shape index (κ2) is 8.27. The number of pyridine rings is 1. The molecule has 0 spiro atoms. The van der Waals surface area contributed by atoms with Gasteiger partial charge in [0.05, 0.1) is 33.5 Å². The van der Waals surface area contributed by atoms with Crippen LogP contribution in [0.2, 0.25) is 0 Å². The van der Waals surface area contributed by atoms with E-state index >= 15 is 0 Å². The second-order valence-electron chi connectivity index (χ2n) is 6.89. The smallest absolute Gasteiger partial charge is 0.277 e. The number of aromatic nitrogens is 4. The van der Waals surface area contributed by atoms with Crippen molar-refractivity contribution in [3.8, 4) is 0 Å². The summed E-state index contributed by atoms with van der Waals surface area (Å²) >= 11 is 0. The molecule has 0 saturated carbocycles. The first-order valence-electron chi connectivity index (χ1n) is 8.82. The molecule has 2 aromatic heterocycles. The van der Waals surface area contributed by atoms with E-state index in [0.717, 1.165) is 0 Å². The van der Waals surface area contributed by atoms with Crippen LogP contribution in [0.5, 0.6) is 0 Å². The van der Waals surface area contributed by atoms with E-state index in [4.69, 9.17) is 4.84 Å². The molecule has 1 unspecified atom stereocenters. The van der Waals surface area contributed by atoms with E-state index < -0.39 is 33.2 Å². The molecule has 0 aromatic carbocycles. The number of rotatable bonds is 1. The summed E-state index contributed by atoms with van der Waals surface area (Å²) in [5, 5.41) is 3.52. The largest absolute Gasteiger partial charge is 0.472 e. The van der Waals surface area contributed by atoms with Gasteiger partial charge in [0.1, 0.15) is 11.2 Å². The molecule has 0 N–H and O–H groups in total. The van der Waals surface area contributed by atoms with Crippen molar-refractivity contribution in [2.45, 2.75) is 11.7 Å². The maximum atomic E-state index is 13.5. The number of allylic oxidation sites excluding steroid dienone is 2. The van der Waals surface area contributed by atoms with Crippen molar-refractivity contribution in [2.75, 3.05) is 28.2 Å². The van der Waals surface area contributed by atoms with Crippen molar-refractivity contribution in [3.63, 3.8) is 0 Å². The molecule has 2 aliphatic rings. The van der Waals surface area contributed by atoms with Gasteiger partial charge in [-0.1, -0.05) is 20.3 Å². The van der Waals surface area contributed by atoms with Gasteiger partial charge in [-0.05, 0) is 34.3 Å². The van der Waals surface area contributed by atoms with Gasteiger partial charge < -0.3 is 0 Å². The van der Waals surface area contributed by atoms with Crippen LogP contribution in [0, 0.1) is 0 Å². The highest BCUT2D eigenvalue weighted by atomic mass is 19.3. The van der Waals surface area contributed by atoms with Gasteiger partial charge in [0.15, 0.2) is 0 Å². The second-order valence-corrected chi connectivity index (χ2v) is 6.89. The minimum atomic E-state index is -4.38. The number of hydrazine groups is 2. The number of hydrogen-bond donors (Lipinski definition) is 0. The molecule has 1 aliphatic carbocycles. The van der Waals surface area contributed by atoms with Crippen LogP contribution in [0.15, 0.2) is 42.3 Å². The van der Waals surface area contributed by atoms with E-state index in [0.29, 0.717) is 29.3 Å². The van der Waals surface area contributed by atoms with Gasteiger partial charge in [-0.25, -0.2) is 18.8 Å². The fourth-order valence-corrected chi connectivity index (χ4v) is 2.77. The standard InChI is InChI=1S/C10H15N6O.C6H3F6N3/c1-14(2)10(15(3)4)17-16-9-8(12-13-16)6-5-7-11-9;7-5(8)3-1-2-4-6(5,9)14(11)15(12)13(4)10/h5-7H,1-4H3;1-3H/q+1;. The Bertz CT molecular complexity index is 1080. The van der Waals surface area contributed by atoms with Crippen LogP contribution < -0.4 is 4.84 Å². The highest BCUT2D eigenvalue weighted by Crippen LogP contribution is 2.51. The summed E-state index contributed by atoms with van der Waals surface area (Å²) < 4.78 is 79.3. The predicted molar refractivity (Wildman–Crippen MR) is 97.6 cm³/mol.